The molecule has 4 aromatic rings. The molecule has 1 heterocycles. The van der Waals surface area contributed by atoms with Crippen LogP contribution in [0.5, 0.6) is 0 Å². The monoisotopic (exact) mass is 473 g/mol. The van der Waals surface area contributed by atoms with Crippen LogP contribution >= 0.6 is 11.3 Å². The number of benzene rings is 3. The lowest BCUT2D eigenvalue weighted by Gasteiger charge is -2.17. The van der Waals surface area contributed by atoms with Crippen LogP contribution in [0.1, 0.15) is 11.3 Å². The highest BCUT2D eigenvalue weighted by Gasteiger charge is 2.20. The van der Waals surface area contributed by atoms with Crippen LogP contribution in [0.15, 0.2) is 78.9 Å². The first kappa shape index (κ1) is 23.3. The summed E-state index contributed by atoms with van der Waals surface area (Å²) >= 11 is 1.55. The summed E-state index contributed by atoms with van der Waals surface area (Å²) < 4.78 is 13.4. The topological polar surface area (TPSA) is 62.3 Å². The molecule has 0 aliphatic heterocycles. The van der Waals surface area contributed by atoms with Gasteiger partial charge in [0.15, 0.2) is 0 Å². The highest BCUT2D eigenvalue weighted by molar-refractivity contribution is 7.18. The first-order chi connectivity index (χ1) is 16.4. The van der Waals surface area contributed by atoms with Gasteiger partial charge in [-0.2, -0.15) is 0 Å². The van der Waals surface area contributed by atoms with E-state index in [2.05, 4.69) is 5.32 Å². The summed E-state index contributed by atoms with van der Waals surface area (Å²) in [6, 6.07) is 23.6. The van der Waals surface area contributed by atoms with Crippen molar-refractivity contribution in [3.05, 3.63) is 95.9 Å². The molecule has 0 fully saturated rings. The first-order valence-corrected chi connectivity index (χ1v) is 11.6. The number of aromatic nitrogens is 1. The number of carbonyl (C=O) groups excluding carboxylic acids is 2. The summed E-state index contributed by atoms with van der Waals surface area (Å²) in [5.41, 5.74) is 4.16. The number of rotatable bonds is 7. The van der Waals surface area contributed by atoms with Crippen LogP contribution < -0.4 is 5.32 Å². The number of thiazole rings is 1. The van der Waals surface area contributed by atoms with E-state index in [9.17, 15) is 14.0 Å². The second-order valence-corrected chi connectivity index (χ2v) is 9.01. The minimum Gasteiger partial charge on any atom is -0.336 e. The molecule has 0 atom stereocenters. The quantitative estimate of drug-likeness (QED) is 0.382. The highest BCUT2D eigenvalue weighted by atomic mass is 32.1. The molecule has 2 amide bonds. The maximum absolute atomic E-state index is 13.4. The lowest BCUT2D eigenvalue weighted by Crippen LogP contribution is -2.36. The number of hydrogen-bond donors (Lipinski definition) is 1. The van der Waals surface area contributed by atoms with E-state index in [0.29, 0.717) is 11.4 Å². The smallest absolute Gasteiger partial charge is 0.243 e. The minimum atomic E-state index is -0.441. The van der Waals surface area contributed by atoms with Gasteiger partial charge in [-0.25, -0.2) is 9.37 Å². The van der Waals surface area contributed by atoms with Crippen molar-refractivity contribution in [2.45, 2.75) is 13.3 Å². The maximum Gasteiger partial charge on any atom is 0.243 e. The van der Waals surface area contributed by atoms with Gasteiger partial charge in [-0.1, -0.05) is 66.2 Å². The fourth-order valence-corrected chi connectivity index (χ4v) is 4.55. The summed E-state index contributed by atoms with van der Waals surface area (Å²) in [4.78, 5) is 32.4. The molecule has 5 nitrogen and oxygen atoms in total. The molecule has 172 valence electrons. The van der Waals surface area contributed by atoms with Crippen molar-refractivity contribution in [1.29, 1.82) is 0 Å². The summed E-state index contributed by atoms with van der Waals surface area (Å²) in [5, 5.41) is 3.45. The molecule has 34 heavy (non-hydrogen) atoms. The number of likely N-dealkylation sites (N-methyl/N-ethyl adjacent to an activating group) is 1. The Balaban J connectivity index is 1.52. The molecule has 4 rings (SSSR count). The molecule has 0 spiro atoms. The second kappa shape index (κ2) is 10.4. The van der Waals surface area contributed by atoms with Crippen LogP contribution in [-0.4, -0.2) is 35.3 Å². The van der Waals surface area contributed by atoms with Gasteiger partial charge in [-0.15, -0.1) is 11.3 Å². The molecule has 0 radical (unpaired) electrons. The molecule has 0 unspecified atom stereocenters. The van der Waals surface area contributed by atoms with Gasteiger partial charge in [0, 0.05) is 18.3 Å². The molecule has 0 bridgehead atoms. The van der Waals surface area contributed by atoms with Crippen LogP contribution in [0.3, 0.4) is 0 Å². The summed E-state index contributed by atoms with van der Waals surface area (Å²) in [6.45, 7) is 1.88. The number of hydrogen-bond acceptors (Lipinski definition) is 4. The van der Waals surface area contributed by atoms with Gasteiger partial charge in [-0.05, 0) is 30.7 Å². The maximum atomic E-state index is 13.4. The van der Waals surface area contributed by atoms with Crippen molar-refractivity contribution < 1.29 is 14.0 Å². The van der Waals surface area contributed by atoms with E-state index in [-0.39, 0.29) is 18.9 Å². The number of aryl methyl sites for hydroxylation is 1. The second-order valence-electron chi connectivity index (χ2n) is 8.01. The van der Waals surface area contributed by atoms with Crippen LogP contribution in [0.2, 0.25) is 0 Å². The molecule has 7 heteroatoms. The summed E-state index contributed by atoms with van der Waals surface area (Å²) in [7, 11) is 1.57. The van der Waals surface area contributed by atoms with Crippen LogP contribution in [0.25, 0.3) is 21.0 Å². The van der Waals surface area contributed by atoms with Gasteiger partial charge in [0.1, 0.15) is 10.8 Å². The largest absolute Gasteiger partial charge is 0.336 e. The molecular formula is C27H24FN3O2S. The highest BCUT2D eigenvalue weighted by Crippen LogP contribution is 2.36. The van der Waals surface area contributed by atoms with Gasteiger partial charge in [0.05, 0.1) is 23.5 Å². The Labute approximate surface area is 201 Å². The van der Waals surface area contributed by atoms with Gasteiger partial charge < -0.3 is 10.2 Å². The van der Waals surface area contributed by atoms with Crippen LogP contribution in [0.4, 0.5) is 10.1 Å². The van der Waals surface area contributed by atoms with Crippen molar-refractivity contribution in [2.75, 3.05) is 18.9 Å². The average Bonchev–Trinajstić information content (AvgIpc) is 3.23. The van der Waals surface area contributed by atoms with E-state index in [0.717, 1.165) is 26.6 Å². The van der Waals surface area contributed by atoms with E-state index < -0.39 is 11.7 Å². The third-order valence-electron chi connectivity index (χ3n) is 5.27. The zero-order valence-electron chi connectivity index (χ0n) is 18.9. The Hall–Kier alpha value is -3.84. The average molecular weight is 474 g/mol. The molecule has 1 N–H and O–H groups in total. The normalized spacial score (nSPS) is 10.7. The predicted molar refractivity (Wildman–Crippen MR) is 134 cm³/mol. The summed E-state index contributed by atoms with van der Waals surface area (Å²) in [6.07, 6.45) is 0.0658. The number of carbonyl (C=O) groups is 2. The number of halogens is 1. The zero-order chi connectivity index (χ0) is 24.1. The predicted octanol–water partition coefficient (Wildman–Crippen LogP) is 5.56. The molecule has 0 saturated carbocycles. The molecule has 0 aliphatic rings. The van der Waals surface area contributed by atoms with Crippen LogP contribution in [0, 0.1) is 12.7 Å². The lowest BCUT2D eigenvalue weighted by molar-refractivity contribution is -0.132. The Morgan fingerprint density at radius 2 is 1.71 bits per heavy atom. The van der Waals surface area contributed by atoms with Gasteiger partial charge in [0.25, 0.3) is 0 Å². The van der Waals surface area contributed by atoms with Crippen LogP contribution in [-0.2, 0) is 16.0 Å². The Morgan fingerprint density at radius 1 is 0.971 bits per heavy atom. The number of amides is 2. The molecule has 1 aromatic heterocycles. The van der Waals surface area contributed by atoms with Gasteiger partial charge in [-0.3, -0.25) is 9.59 Å². The SMILES string of the molecule is Cc1ccc(-c2sc(-c3ccccc3)nc2CC(=O)N(C)CC(=O)Nc2cccc(F)c2)cc1. The first-order valence-electron chi connectivity index (χ1n) is 10.8. The van der Waals surface area contributed by atoms with E-state index in [1.807, 2.05) is 61.5 Å². The third-order valence-corrected chi connectivity index (χ3v) is 6.46. The van der Waals surface area contributed by atoms with Crippen molar-refractivity contribution >= 4 is 28.8 Å². The third kappa shape index (κ3) is 5.74. The van der Waals surface area contributed by atoms with Crippen molar-refractivity contribution in [1.82, 2.24) is 9.88 Å². The Bertz CT molecular complexity index is 1300. The van der Waals surface area contributed by atoms with Crippen molar-refractivity contribution in [3.63, 3.8) is 0 Å². The standard InChI is InChI=1S/C27H24FN3O2S/c1-18-11-13-19(14-12-18)26-23(30-27(34-26)20-7-4-3-5-8-20)16-25(33)31(2)17-24(32)29-22-10-6-9-21(28)15-22/h3-15H,16-17H2,1-2H3,(H,29,32). The van der Waals surface area contributed by atoms with Crippen molar-refractivity contribution in [2.24, 2.45) is 0 Å². The summed E-state index contributed by atoms with van der Waals surface area (Å²) in [5.74, 6) is -1.07. The van der Waals surface area contributed by atoms with E-state index in [1.54, 1.807) is 24.5 Å². The van der Waals surface area contributed by atoms with E-state index in [1.165, 1.54) is 23.1 Å². The van der Waals surface area contributed by atoms with Gasteiger partial charge in [0.2, 0.25) is 11.8 Å². The molecule has 3 aromatic carbocycles. The van der Waals surface area contributed by atoms with E-state index >= 15 is 0 Å². The number of nitrogens with one attached hydrogen (secondary N) is 1. The van der Waals surface area contributed by atoms with Gasteiger partial charge >= 0.3 is 0 Å². The lowest BCUT2D eigenvalue weighted by atomic mass is 10.1. The number of nitrogens with zero attached hydrogens (tertiary/aromatic N) is 2. The fourth-order valence-electron chi connectivity index (χ4n) is 3.45. The van der Waals surface area contributed by atoms with E-state index in [4.69, 9.17) is 4.98 Å². The minimum absolute atomic E-state index is 0.0658. The Morgan fingerprint density at radius 3 is 2.41 bits per heavy atom. The Kier molecular flexibility index (Phi) is 7.13. The zero-order valence-corrected chi connectivity index (χ0v) is 19.7. The molecular weight excluding hydrogens is 449 g/mol. The molecule has 0 aliphatic carbocycles. The molecule has 0 saturated heterocycles. The van der Waals surface area contributed by atoms with Crippen molar-refractivity contribution in [3.8, 4) is 21.0 Å². The number of anilines is 1. The fraction of sp³-hybridized carbons (Fsp3) is 0.148.